The topological polar surface area (TPSA) is 89.1 Å². The lowest BCUT2D eigenvalue weighted by Gasteiger charge is -2.29. The first-order valence-electron chi connectivity index (χ1n) is 9.93. The molecule has 164 valence electrons. The van der Waals surface area contributed by atoms with Crippen LogP contribution in [0.1, 0.15) is 17.5 Å². The summed E-state index contributed by atoms with van der Waals surface area (Å²) in [6, 6.07) is 13.1. The lowest BCUT2D eigenvalue weighted by molar-refractivity contribution is -0.137. The molecule has 0 radical (unpaired) electrons. The minimum absolute atomic E-state index is 0.0712. The molecule has 3 rings (SSSR count). The van der Waals surface area contributed by atoms with E-state index in [-0.39, 0.29) is 24.8 Å². The molecule has 0 bridgehead atoms. The van der Waals surface area contributed by atoms with Gasteiger partial charge in [0.2, 0.25) is 11.8 Å². The van der Waals surface area contributed by atoms with Gasteiger partial charge in [0.15, 0.2) is 11.5 Å². The highest BCUT2D eigenvalue weighted by Crippen LogP contribution is 2.27. The van der Waals surface area contributed by atoms with Gasteiger partial charge >= 0.3 is 0 Å². The summed E-state index contributed by atoms with van der Waals surface area (Å²) < 4.78 is 15.7. The fourth-order valence-corrected chi connectivity index (χ4v) is 3.22. The summed E-state index contributed by atoms with van der Waals surface area (Å²) in [4.78, 5) is 24.6. The van der Waals surface area contributed by atoms with Crippen molar-refractivity contribution in [3.8, 4) is 17.2 Å². The molecule has 1 heterocycles. The van der Waals surface area contributed by atoms with E-state index in [0.29, 0.717) is 24.5 Å². The molecule has 2 aromatic carbocycles. The van der Waals surface area contributed by atoms with Crippen LogP contribution < -0.4 is 25.0 Å². The number of hydrazine groups is 1. The third kappa shape index (κ3) is 5.69. The molecule has 0 aliphatic carbocycles. The number of carbonyl (C=O) groups excluding carboxylic acids is 2. The zero-order chi connectivity index (χ0) is 22.2. The van der Waals surface area contributed by atoms with Crippen LogP contribution in [-0.4, -0.2) is 51.2 Å². The van der Waals surface area contributed by atoms with Crippen molar-refractivity contribution in [1.82, 2.24) is 15.8 Å². The van der Waals surface area contributed by atoms with E-state index >= 15 is 0 Å². The number of methoxy groups -OCH3 is 3. The monoisotopic (exact) mass is 425 g/mol. The van der Waals surface area contributed by atoms with Gasteiger partial charge in [-0.25, -0.2) is 5.01 Å². The van der Waals surface area contributed by atoms with Gasteiger partial charge in [0.25, 0.3) is 0 Å². The Kier molecular flexibility index (Phi) is 7.37. The first-order chi connectivity index (χ1) is 15.0. The second kappa shape index (κ2) is 10.4. The molecule has 0 atom stereocenters. The molecular weight excluding hydrogens is 398 g/mol. The molecule has 0 saturated heterocycles. The van der Waals surface area contributed by atoms with Gasteiger partial charge in [0.05, 0.1) is 27.0 Å². The number of amides is 2. The summed E-state index contributed by atoms with van der Waals surface area (Å²) >= 11 is 0. The standard InChI is InChI=1S/C23H27N3O5/c1-29-18-7-5-17(6-8-18)19-9-11-23(28)26(25-19)15-22(27)24-13-12-16-4-10-20(30-2)21(14-16)31-3/h4-10,14,25H,11-13,15H2,1-3H3,(H,24,27). The van der Waals surface area contributed by atoms with E-state index in [1.165, 1.54) is 5.01 Å². The van der Waals surface area contributed by atoms with Crippen LogP contribution in [0.2, 0.25) is 0 Å². The van der Waals surface area contributed by atoms with E-state index in [2.05, 4.69) is 10.7 Å². The molecule has 31 heavy (non-hydrogen) atoms. The third-order valence-corrected chi connectivity index (χ3v) is 4.92. The molecule has 8 nitrogen and oxygen atoms in total. The van der Waals surface area contributed by atoms with Crippen LogP contribution >= 0.6 is 0 Å². The SMILES string of the molecule is COc1ccc(C2=CCC(=O)N(CC(=O)NCCc3ccc(OC)c(OC)c3)N2)cc1. The maximum absolute atomic E-state index is 12.4. The first-order valence-corrected chi connectivity index (χ1v) is 9.93. The average molecular weight is 425 g/mol. The van der Waals surface area contributed by atoms with Gasteiger partial charge in [-0.05, 0) is 60.0 Å². The number of nitrogens with one attached hydrogen (secondary N) is 2. The van der Waals surface area contributed by atoms with Crippen molar-refractivity contribution < 1.29 is 23.8 Å². The predicted octanol–water partition coefficient (Wildman–Crippen LogP) is 2.15. The van der Waals surface area contributed by atoms with Gasteiger partial charge in [-0.2, -0.15) is 0 Å². The minimum Gasteiger partial charge on any atom is -0.497 e. The van der Waals surface area contributed by atoms with Crippen molar-refractivity contribution in [2.45, 2.75) is 12.8 Å². The van der Waals surface area contributed by atoms with Crippen LogP contribution in [-0.2, 0) is 16.0 Å². The first kappa shape index (κ1) is 22.0. The largest absolute Gasteiger partial charge is 0.497 e. The predicted molar refractivity (Wildman–Crippen MR) is 117 cm³/mol. The Morgan fingerprint density at radius 1 is 1.03 bits per heavy atom. The quantitative estimate of drug-likeness (QED) is 0.640. The van der Waals surface area contributed by atoms with Crippen molar-refractivity contribution in [1.29, 1.82) is 0 Å². The minimum atomic E-state index is -0.239. The molecule has 0 aromatic heterocycles. The zero-order valence-electron chi connectivity index (χ0n) is 17.9. The second-order valence-electron chi connectivity index (χ2n) is 6.93. The highest BCUT2D eigenvalue weighted by molar-refractivity contribution is 5.88. The summed E-state index contributed by atoms with van der Waals surface area (Å²) in [6.07, 6.45) is 2.67. The second-order valence-corrected chi connectivity index (χ2v) is 6.93. The van der Waals surface area contributed by atoms with Crippen molar-refractivity contribution in [2.24, 2.45) is 0 Å². The molecule has 8 heteroatoms. The van der Waals surface area contributed by atoms with Crippen molar-refractivity contribution in [2.75, 3.05) is 34.4 Å². The maximum atomic E-state index is 12.4. The van der Waals surface area contributed by atoms with Gasteiger partial charge in [0.1, 0.15) is 12.3 Å². The van der Waals surface area contributed by atoms with Gasteiger partial charge in [-0.1, -0.05) is 6.07 Å². The van der Waals surface area contributed by atoms with E-state index in [0.717, 1.165) is 22.6 Å². The summed E-state index contributed by atoms with van der Waals surface area (Å²) in [5.41, 5.74) is 5.73. The molecule has 1 aliphatic heterocycles. The summed E-state index contributed by atoms with van der Waals surface area (Å²) in [7, 11) is 4.78. The molecule has 0 saturated carbocycles. The normalized spacial score (nSPS) is 13.2. The van der Waals surface area contributed by atoms with Gasteiger partial charge in [-0.15, -0.1) is 0 Å². The van der Waals surface area contributed by atoms with Crippen molar-refractivity contribution in [3.63, 3.8) is 0 Å². The fourth-order valence-electron chi connectivity index (χ4n) is 3.22. The molecule has 0 fully saturated rings. The molecule has 2 aromatic rings. The molecular formula is C23H27N3O5. The van der Waals surface area contributed by atoms with E-state index in [1.54, 1.807) is 21.3 Å². The molecule has 0 spiro atoms. The number of carbonyl (C=O) groups is 2. The van der Waals surface area contributed by atoms with Gasteiger partial charge in [0, 0.05) is 13.0 Å². The fraction of sp³-hybridized carbons (Fsp3) is 0.304. The van der Waals surface area contributed by atoms with E-state index in [1.807, 2.05) is 48.5 Å². The number of hydrogen-bond donors (Lipinski definition) is 2. The number of benzene rings is 2. The number of rotatable bonds is 9. The lowest BCUT2D eigenvalue weighted by Crippen LogP contribution is -2.49. The van der Waals surface area contributed by atoms with Crippen molar-refractivity contribution >= 4 is 17.5 Å². The van der Waals surface area contributed by atoms with Crippen LogP contribution in [0.3, 0.4) is 0 Å². The van der Waals surface area contributed by atoms with Crippen molar-refractivity contribution in [3.05, 3.63) is 59.7 Å². The van der Waals surface area contributed by atoms with Crippen LogP contribution in [0, 0.1) is 0 Å². The Labute approximate surface area is 181 Å². The average Bonchev–Trinajstić information content (AvgIpc) is 2.80. The number of hydrogen-bond acceptors (Lipinski definition) is 6. The summed E-state index contributed by atoms with van der Waals surface area (Å²) in [5.74, 6) is 1.66. The van der Waals surface area contributed by atoms with Gasteiger partial charge in [-0.3, -0.25) is 15.0 Å². The third-order valence-electron chi connectivity index (χ3n) is 4.92. The van der Waals surface area contributed by atoms with Crippen LogP contribution in [0.5, 0.6) is 17.2 Å². The van der Waals surface area contributed by atoms with Crippen LogP contribution in [0.15, 0.2) is 48.5 Å². The number of ether oxygens (including phenoxy) is 3. The number of nitrogens with zero attached hydrogens (tertiary/aromatic N) is 1. The Bertz CT molecular complexity index is 956. The van der Waals surface area contributed by atoms with Gasteiger partial charge < -0.3 is 19.5 Å². The highest BCUT2D eigenvalue weighted by Gasteiger charge is 2.22. The Morgan fingerprint density at radius 2 is 1.77 bits per heavy atom. The van der Waals surface area contributed by atoms with E-state index in [9.17, 15) is 9.59 Å². The molecule has 2 N–H and O–H groups in total. The van der Waals surface area contributed by atoms with Crippen LogP contribution in [0.25, 0.3) is 5.70 Å². The Morgan fingerprint density at radius 3 is 2.45 bits per heavy atom. The summed E-state index contributed by atoms with van der Waals surface area (Å²) in [5, 5.41) is 4.19. The molecule has 2 amide bonds. The Balaban J connectivity index is 1.51. The van der Waals surface area contributed by atoms with Crippen LogP contribution in [0.4, 0.5) is 0 Å². The molecule has 0 unspecified atom stereocenters. The Hall–Kier alpha value is -3.68. The smallest absolute Gasteiger partial charge is 0.245 e. The van der Waals surface area contributed by atoms with E-state index < -0.39 is 0 Å². The van der Waals surface area contributed by atoms with E-state index in [4.69, 9.17) is 14.2 Å². The highest BCUT2D eigenvalue weighted by atomic mass is 16.5. The summed E-state index contributed by atoms with van der Waals surface area (Å²) in [6.45, 7) is 0.371. The zero-order valence-corrected chi connectivity index (χ0v) is 17.9. The maximum Gasteiger partial charge on any atom is 0.245 e. The lowest BCUT2D eigenvalue weighted by atomic mass is 10.1. The molecule has 1 aliphatic rings.